The molecule has 0 unspecified atom stereocenters. The third-order valence-electron chi connectivity index (χ3n) is 4.22. The molecule has 1 N–H and O–H groups in total. The first-order valence-corrected chi connectivity index (χ1v) is 8.77. The van der Waals surface area contributed by atoms with Gasteiger partial charge in [0.2, 0.25) is 23.1 Å². The fourth-order valence-electron chi connectivity index (χ4n) is 2.75. The summed E-state index contributed by atoms with van der Waals surface area (Å²) >= 11 is 0. The number of hydrogen-bond donors (Lipinski definition) is 1. The number of hydrogen-bond acceptors (Lipinski definition) is 5. The van der Waals surface area contributed by atoms with Crippen molar-refractivity contribution < 1.29 is 24.3 Å². The lowest BCUT2D eigenvalue weighted by atomic mass is 9.94. The van der Waals surface area contributed by atoms with Gasteiger partial charge >= 0.3 is 0 Å². The quantitative estimate of drug-likeness (QED) is 0.542. The Morgan fingerprint density at radius 1 is 0.586 bits per heavy atom. The van der Waals surface area contributed by atoms with Crippen molar-refractivity contribution >= 4 is 28.9 Å². The Labute approximate surface area is 166 Å². The molecule has 0 fully saturated rings. The van der Waals surface area contributed by atoms with Gasteiger partial charge < -0.3 is 5.11 Å². The number of benzene rings is 3. The van der Waals surface area contributed by atoms with E-state index < -0.39 is 23.1 Å². The Hall–Kier alpha value is -4.12. The van der Waals surface area contributed by atoms with Gasteiger partial charge in [0.1, 0.15) is 5.76 Å². The van der Waals surface area contributed by atoms with Gasteiger partial charge in [0.05, 0.1) is 0 Å². The van der Waals surface area contributed by atoms with Gasteiger partial charge in [0, 0.05) is 28.3 Å². The highest BCUT2D eigenvalue weighted by atomic mass is 16.3. The molecule has 0 atom stereocenters. The van der Waals surface area contributed by atoms with Crippen LogP contribution in [-0.4, -0.2) is 28.2 Å². The van der Waals surface area contributed by atoms with Gasteiger partial charge in [0.25, 0.3) is 0 Å². The summed E-state index contributed by atoms with van der Waals surface area (Å²) in [6.07, 6.45) is 0.949. The number of ketones is 4. The van der Waals surface area contributed by atoms with Crippen LogP contribution in [-0.2, 0) is 4.79 Å². The van der Waals surface area contributed by atoms with Gasteiger partial charge in [-0.3, -0.25) is 19.2 Å². The zero-order chi connectivity index (χ0) is 20.8. The van der Waals surface area contributed by atoms with Gasteiger partial charge in [-0.05, 0) is 0 Å². The van der Waals surface area contributed by atoms with Crippen molar-refractivity contribution in [1.29, 1.82) is 0 Å². The fraction of sp³-hybridized carbons (Fsp3) is 0. The average Bonchev–Trinajstić information content (AvgIpc) is 2.78. The molecule has 29 heavy (non-hydrogen) atoms. The van der Waals surface area contributed by atoms with Crippen molar-refractivity contribution in [1.82, 2.24) is 0 Å². The number of rotatable bonds is 3. The maximum absolute atomic E-state index is 11.8. The Bertz CT molecular complexity index is 1060. The normalized spacial score (nSPS) is 12.2. The number of Topliss-reactive ketones (excluding diaryl/α,β-unsaturated/α-hetero) is 3. The van der Waals surface area contributed by atoms with Crippen LogP contribution in [0.1, 0.15) is 36.6 Å². The van der Waals surface area contributed by atoms with Crippen LogP contribution in [0.5, 0.6) is 0 Å². The second kappa shape index (κ2) is 8.71. The largest absolute Gasteiger partial charge is 0.507 e. The predicted molar refractivity (Wildman–Crippen MR) is 108 cm³/mol. The molecule has 1 aliphatic carbocycles. The van der Waals surface area contributed by atoms with Crippen LogP contribution < -0.4 is 0 Å². The number of aliphatic hydroxyl groups is 1. The Morgan fingerprint density at radius 3 is 1.48 bits per heavy atom. The molecule has 0 saturated heterocycles. The second-order valence-electron chi connectivity index (χ2n) is 6.16. The van der Waals surface area contributed by atoms with Crippen molar-refractivity contribution in [2.24, 2.45) is 0 Å². The van der Waals surface area contributed by atoms with Gasteiger partial charge in [-0.25, -0.2) is 0 Å². The van der Waals surface area contributed by atoms with Crippen LogP contribution >= 0.6 is 0 Å². The molecule has 5 nitrogen and oxygen atoms in total. The third kappa shape index (κ3) is 4.42. The molecule has 0 spiro atoms. The van der Waals surface area contributed by atoms with Gasteiger partial charge in [-0.15, -0.1) is 0 Å². The summed E-state index contributed by atoms with van der Waals surface area (Å²) in [5.74, 6) is -2.30. The summed E-state index contributed by atoms with van der Waals surface area (Å²) in [6, 6.07) is 23.6. The van der Waals surface area contributed by atoms with E-state index in [1.54, 1.807) is 66.7 Å². The summed E-state index contributed by atoms with van der Waals surface area (Å²) in [5.41, 5.74) is 1.55. The van der Waals surface area contributed by atoms with E-state index in [0.29, 0.717) is 16.7 Å². The van der Waals surface area contributed by atoms with Crippen molar-refractivity contribution in [2.75, 3.05) is 0 Å². The van der Waals surface area contributed by atoms with Crippen LogP contribution in [0.2, 0.25) is 0 Å². The van der Waals surface area contributed by atoms with Crippen molar-refractivity contribution in [3.63, 3.8) is 0 Å². The lowest BCUT2D eigenvalue weighted by Crippen LogP contribution is -2.18. The molecule has 4 rings (SSSR count). The van der Waals surface area contributed by atoms with Gasteiger partial charge in [-0.1, -0.05) is 84.9 Å². The molecule has 5 heteroatoms. The first-order valence-electron chi connectivity index (χ1n) is 8.77. The highest BCUT2D eigenvalue weighted by Crippen LogP contribution is 2.22. The van der Waals surface area contributed by atoms with Crippen LogP contribution in [0, 0.1) is 0 Å². The number of fused-ring (bicyclic) bond motifs is 1. The average molecular weight is 384 g/mol. The Balaban J connectivity index is 0.000000169. The first-order chi connectivity index (χ1) is 14.0. The smallest absolute Gasteiger partial charge is 0.233 e. The van der Waals surface area contributed by atoms with E-state index in [-0.39, 0.29) is 11.3 Å². The Morgan fingerprint density at radius 2 is 1.00 bits per heavy atom. The molecule has 0 amide bonds. The van der Waals surface area contributed by atoms with Crippen LogP contribution in [0.3, 0.4) is 0 Å². The van der Waals surface area contributed by atoms with Crippen molar-refractivity contribution in [2.45, 2.75) is 0 Å². The number of aliphatic hydroxyl groups excluding tert-OH is 1. The molecule has 3 aromatic rings. The molecule has 0 heterocycles. The predicted octanol–water partition coefficient (Wildman–Crippen LogP) is 4.10. The molecule has 0 bridgehead atoms. The minimum atomic E-state index is -0.670. The maximum atomic E-state index is 11.8. The van der Waals surface area contributed by atoms with Crippen LogP contribution in [0.15, 0.2) is 91.0 Å². The highest BCUT2D eigenvalue weighted by molar-refractivity contribution is 6.50. The molecule has 0 saturated carbocycles. The summed E-state index contributed by atoms with van der Waals surface area (Å²) in [6.45, 7) is 0. The minimum Gasteiger partial charge on any atom is -0.507 e. The fourth-order valence-corrected chi connectivity index (χ4v) is 2.75. The minimum absolute atomic E-state index is 0.139. The first kappa shape index (κ1) is 19.6. The molecule has 142 valence electrons. The molecule has 0 radical (unpaired) electrons. The lowest BCUT2D eigenvalue weighted by molar-refractivity contribution is -0.111. The lowest BCUT2D eigenvalue weighted by Gasteiger charge is -2.10. The number of carbonyl (C=O) groups excluding carboxylic acids is 4. The van der Waals surface area contributed by atoms with E-state index in [1.165, 1.54) is 6.07 Å². The van der Waals surface area contributed by atoms with Crippen LogP contribution in [0.25, 0.3) is 5.76 Å². The second-order valence-corrected chi connectivity index (χ2v) is 6.16. The third-order valence-corrected chi connectivity index (χ3v) is 4.22. The van der Waals surface area contributed by atoms with E-state index >= 15 is 0 Å². The Kier molecular flexibility index (Phi) is 5.90. The highest BCUT2D eigenvalue weighted by Gasteiger charge is 2.24. The summed E-state index contributed by atoms with van der Waals surface area (Å²) in [7, 11) is 0. The van der Waals surface area contributed by atoms with E-state index in [9.17, 15) is 24.3 Å². The zero-order valence-corrected chi connectivity index (χ0v) is 15.2. The summed E-state index contributed by atoms with van der Waals surface area (Å²) in [5, 5.41) is 9.34. The summed E-state index contributed by atoms with van der Waals surface area (Å²) in [4.78, 5) is 45.8. The zero-order valence-electron chi connectivity index (χ0n) is 15.2. The van der Waals surface area contributed by atoms with E-state index in [1.807, 2.05) is 12.1 Å². The molecular weight excluding hydrogens is 368 g/mol. The van der Waals surface area contributed by atoms with Gasteiger partial charge in [0.15, 0.2) is 0 Å². The SMILES string of the molecule is O=C(C(=O)c1ccccc1)c1ccccc1.O=C1C=C(O)c2ccccc2C1=O. The monoisotopic (exact) mass is 384 g/mol. The van der Waals surface area contributed by atoms with Crippen molar-refractivity contribution in [3.8, 4) is 0 Å². The molecular formula is C24H16O5. The van der Waals surface area contributed by atoms with E-state index in [4.69, 9.17) is 0 Å². The molecule has 0 aromatic heterocycles. The van der Waals surface area contributed by atoms with Crippen molar-refractivity contribution in [3.05, 3.63) is 113 Å². The van der Waals surface area contributed by atoms with E-state index in [2.05, 4.69) is 0 Å². The topological polar surface area (TPSA) is 88.5 Å². The molecule has 1 aliphatic rings. The molecule has 3 aromatic carbocycles. The standard InChI is InChI=1S/C14H10O2.C10H6O3/c15-13(11-7-3-1-4-8-11)14(16)12-9-5-2-6-10-12;11-8-5-9(12)10(13)7-4-2-1-3-6(7)8/h1-10H;1-5,11H. The van der Waals surface area contributed by atoms with E-state index in [0.717, 1.165) is 6.08 Å². The maximum Gasteiger partial charge on any atom is 0.233 e. The summed E-state index contributed by atoms with van der Waals surface area (Å²) < 4.78 is 0. The molecule has 0 aliphatic heterocycles. The number of carbonyl (C=O) groups is 4. The number of allylic oxidation sites excluding steroid dienone is 1. The van der Waals surface area contributed by atoms with Crippen LogP contribution in [0.4, 0.5) is 0 Å². The van der Waals surface area contributed by atoms with Gasteiger partial charge in [-0.2, -0.15) is 0 Å².